The van der Waals surface area contributed by atoms with Crippen molar-refractivity contribution in [1.29, 1.82) is 5.26 Å². The molecule has 2 aliphatic rings. The van der Waals surface area contributed by atoms with Gasteiger partial charge >= 0.3 is 5.69 Å². The van der Waals surface area contributed by atoms with Crippen LogP contribution in [0.2, 0.25) is 0 Å². The minimum absolute atomic E-state index is 0.0682. The summed E-state index contributed by atoms with van der Waals surface area (Å²) in [5.74, 6) is 0.215. The lowest BCUT2D eigenvalue weighted by atomic mass is 9.69. The van der Waals surface area contributed by atoms with Crippen LogP contribution in [0.4, 0.5) is 5.69 Å². The van der Waals surface area contributed by atoms with Gasteiger partial charge in [0.1, 0.15) is 0 Å². The standard InChI is InChI=1S/C18H23N3O4/c1-24-17-12-14(2-3-16(17)21(22)23)18(13-19)6-4-15(5-7-18)20-8-10-25-11-9-20/h2-3,12,15H,4-11H2,1H3. The van der Waals surface area contributed by atoms with E-state index in [9.17, 15) is 15.4 Å². The Bertz CT molecular complexity index is 671. The summed E-state index contributed by atoms with van der Waals surface area (Å²) in [6.07, 6.45) is 3.42. The maximum Gasteiger partial charge on any atom is 0.310 e. The number of nitrogens with zero attached hydrogens (tertiary/aromatic N) is 3. The van der Waals surface area contributed by atoms with Gasteiger partial charge in [-0.05, 0) is 37.3 Å². The summed E-state index contributed by atoms with van der Waals surface area (Å²) in [6.45, 7) is 3.46. The number of ether oxygens (including phenoxy) is 2. The van der Waals surface area contributed by atoms with Crippen molar-refractivity contribution in [3.8, 4) is 11.8 Å². The molecule has 0 radical (unpaired) electrons. The fourth-order valence-electron chi connectivity index (χ4n) is 3.99. The molecule has 1 saturated carbocycles. The number of hydrogen-bond donors (Lipinski definition) is 0. The first kappa shape index (κ1) is 17.6. The number of benzene rings is 1. The first-order valence-corrected chi connectivity index (χ1v) is 8.65. The minimum Gasteiger partial charge on any atom is -0.490 e. The molecule has 2 fully saturated rings. The molecule has 0 aromatic heterocycles. The molecule has 1 aromatic carbocycles. The fourth-order valence-corrected chi connectivity index (χ4v) is 3.99. The average Bonchev–Trinajstić information content (AvgIpc) is 2.68. The smallest absolute Gasteiger partial charge is 0.310 e. The van der Waals surface area contributed by atoms with Crippen LogP contribution in [0, 0.1) is 21.4 Å². The molecule has 1 aromatic rings. The fraction of sp³-hybridized carbons (Fsp3) is 0.611. The van der Waals surface area contributed by atoms with Crippen LogP contribution < -0.4 is 4.74 Å². The molecule has 0 amide bonds. The highest BCUT2D eigenvalue weighted by molar-refractivity contribution is 5.51. The minimum atomic E-state index is -0.592. The van der Waals surface area contributed by atoms with Crippen molar-refractivity contribution in [2.45, 2.75) is 37.1 Å². The highest BCUT2D eigenvalue weighted by Crippen LogP contribution is 2.43. The molecule has 1 aliphatic carbocycles. The first-order chi connectivity index (χ1) is 12.1. The molecule has 0 bridgehead atoms. The van der Waals surface area contributed by atoms with E-state index < -0.39 is 10.3 Å². The van der Waals surface area contributed by atoms with Gasteiger partial charge in [-0.3, -0.25) is 15.0 Å². The molecule has 0 unspecified atom stereocenters. The quantitative estimate of drug-likeness (QED) is 0.616. The predicted molar refractivity (Wildman–Crippen MR) is 91.6 cm³/mol. The van der Waals surface area contributed by atoms with Gasteiger partial charge in [0.15, 0.2) is 5.75 Å². The Labute approximate surface area is 147 Å². The average molecular weight is 345 g/mol. The van der Waals surface area contributed by atoms with Crippen LogP contribution in [0.3, 0.4) is 0 Å². The van der Waals surface area contributed by atoms with Crippen molar-refractivity contribution in [1.82, 2.24) is 4.90 Å². The van der Waals surface area contributed by atoms with Crippen LogP contribution in [0.25, 0.3) is 0 Å². The van der Waals surface area contributed by atoms with Crippen LogP contribution in [-0.4, -0.2) is 49.3 Å². The molecule has 7 heteroatoms. The number of nitriles is 1. The molecule has 7 nitrogen and oxygen atoms in total. The van der Waals surface area contributed by atoms with Crippen LogP contribution in [0.5, 0.6) is 5.75 Å². The zero-order chi connectivity index (χ0) is 17.9. The van der Waals surface area contributed by atoms with E-state index in [1.807, 2.05) is 0 Å². The Hall–Kier alpha value is -2.17. The number of methoxy groups -OCH3 is 1. The second-order valence-electron chi connectivity index (χ2n) is 6.72. The van der Waals surface area contributed by atoms with Gasteiger partial charge in [-0.1, -0.05) is 6.07 Å². The van der Waals surface area contributed by atoms with Gasteiger partial charge < -0.3 is 9.47 Å². The summed E-state index contributed by atoms with van der Waals surface area (Å²) in [6, 6.07) is 7.80. The van der Waals surface area contributed by atoms with Crippen molar-refractivity contribution < 1.29 is 14.4 Å². The van der Waals surface area contributed by atoms with Gasteiger partial charge in [0, 0.05) is 25.2 Å². The Morgan fingerprint density at radius 2 is 2.04 bits per heavy atom. The molecule has 25 heavy (non-hydrogen) atoms. The maximum absolute atomic E-state index is 11.1. The Morgan fingerprint density at radius 3 is 2.60 bits per heavy atom. The van der Waals surface area contributed by atoms with Crippen molar-refractivity contribution in [3.05, 3.63) is 33.9 Å². The van der Waals surface area contributed by atoms with Crippen LogP contribution >= 0.6 is 0 Å². The van der Waals surface area contributed by atoms with E-state index in [4.69, 9.17) is 9.47 Å². The van der Waals surface area contributed by atoms with Gasteiger partial charge in [-0.25, -0.2) is 0 Å². The molecule has 1 heterocycles. The molecule has 0 atom stereocenters. The molecule has 1 saturated heterocycles. The van der Waals surface area contributed by atoms with Gasteiger partial charge in [0.05, 0.1) is 36.7 Å². The van der Waals surface area contributed by atoms with Crippen LogP contribution in [0.15, 0.2) is 18.2 Å². The Kier molecular flexibility index (Phi) is 5.21. The maximum atomic E-state index is 11.1. The highest BCUT2D eigenvalue weighted by Gasteiger charge is 2.39. The van der Waals surface area contributed by atoms with Crippen LogP contribution in [-0.2, 0) is 10.2 Å². The molecule has 0 spiro atoms. The molecular weight excluding hydrogens is 322 g/mol. The van der Waals surface area contributed by atoms with E-state index in [1.54, 1.807) is 12.1 Å². The SMILES string of the molecule is COc1cc(C2(C#N)CCC(N3CCOCC3)CC2)ccc1[N+](=O)[O-]. The third-order valence-corrected chi connectivity index (χ3v) is 5.51. The second-order valence-corrected chi connectivity index (χ2v) is 6.72. The lowest BCUT2D eigenvalue weighted by Crippen LogP contribution is -2.47. The summed E-state index contributed by atoms with van der Waals surface area (Å²) >= 11 is 0. The molecule has 1 aliphatic heterocycles. The first-order valence-electron chi connectivity index (χ1n) is 8.65. The van der Waals surface area contributed by atoms with E-state index in [-0.39, 0.29) is 11.4 Å². The van der Waals surface area contributed by atoms with Gasteiger partial charge in [0.25, 0.3) is 0 Å². The van der Waals surface area contributed by atoms with Gasteiger partial charge in [-0.2, -0.15) is 5.26 Å². The van der Waals surface area contributed by atoms with E-state index in [2.05, 4.69) is 11.0 Å². The largest absolute Gasteiger partial charge is 0.490 e. The van der Waals surface area contributed by atoms with Crippen molar-refractivity contribution in [3.63, 3.8) is 0 Å². The topological polar surface area (TPSA) is 88.6 Å². The number of morpholine rings is 1. The zero-order valence-electron chi connectivity index (χ0n) is 14.4. The Morgan fingerprint density at radius 1 is 1.36 bits per heavy atom. The monoisotopic (exact) mass is 345 g/mol. The highest BCUT2D eigenvalue weighted by atomic mass is 16.6. The van der Waals surface area contributed by atoms with Gasteiger partial charge in [0.2, 0.25) is 0 Å². The number of nitro benzene ring substituents is 1. The third-order valence-electron chi connectivity index (χ3n) is 5.51. The Balaban J connectivity index is 1.78. The predicted octanol–water partition coefficient (Wildman–Crippen LogP) is 2.64. The molecule has 3 rings (SSSR count). The van der Waals surface area contributed by atoms with Crippen molar-refractivity contribution >= 4 is 5.69 Å². The summed E-state index contributed by atoms with van der Waals surface area (Å²) in [4.78, 5) is 13.1. The van der Waals surface area contributed by atoms with E-state index in [1.165, 1.54) is 13.2 Å². The summed E-state index contributed by atoms with van der Waals surface area (Å²) in [5.41, 5.74) is 0.157. The lowest BCUT2D eigenvalue weighted by molar-refractivity contribution is -0.385. The summed E-state index contributed by atoms with van der Waals surface area (Å²) in [7, 11) is 1.42. The number of hydrogen-bond acceptors (Lipinski definition) is 6. The zero-order valence-corrected chi connectivity index (χ0v) is 14.4. The molecule has 134 valence electrons. The lowest BCUT2D eigenvalue weighted by Gasteiger charge is -2.41. The summed E-state index contributed by atoms with van der Waals surface area (Å²) in [5, 5.41) is 21.0. The number of nitro groups is 1. The second kappa shape index (κ2) is 7.38. The molecular formula is C18H23N3O4. The normalized spacial score (nSPS) is 27.4. The molecule has 0 N–H and O–H groups in total. The van der Waals surface area contributed by atoms with Crippen molar-refractivity contribution in [2.24, 2.45) is 0 Å². The number of rotatable bonds is 4. The van der Waals surface area contributed by atoms with E-state index >= 15 is 0 Å². The van der Waals surface area contributed by atoms with Crippen LogP contribution in [0.1, 0.15) is 31.2 Å². The van der Waals surface area contributed by atoms with E-state index in [0.29, 0.717) is 6.04 Å². The van der Waals surface area contributed by atoms with E-state index in [0.717, 1.165) is 57.6 Å². The van der Waals surface area contributed by atoms with Crippen molar-refractivity contribution in [2.75, 3.05) is 33.4 Å². The van der Waals surface area contributed by atoms with Gasteiger partial charge in [-0.15, -0.1) is 0 Å². The summed E-state index contributed by atoms with van der Waals surface area (Å²) < 4.78 is 10.6. The third kappa shape index (κ3) is 3.46.